The molecule has 0 saturated carbocycles. The van der Waals surface area contributed by atoms with Crippen LogP contribution in [0.25, 0.3) is 0 Å². The fourth-order valence-corrected chi connectivity index (χ4v) is 3.31. The van der Waals surface area contributed by atoms with Crippen molar-refractivity contribution >= 4 is 12.3 Å². The molecule has 0 unspecified atom stereocenters. The molecule has 0 aliphatic heterocycles. The summed E-state index contributed by atoms with van der Waals surface area (Å²) in [6.07, 6.45) is 3.07. The Morgan fingerprint density at radius 3 is 2.42 bits per heavy atom. The van der Waals surface area contributed by atoms with Gasteiger partial charge in [-0.25, -0.2) is 4.79 Å². The molecule has 0 aromatic heterocycles. The zero-order valence-electron chi connectivity index (χ0n) is 14.6. The van der Waals surface area contributed by atoms with Gasteiger partial charge in [0, 0.05) is 17.1 Å². The van der Waals surface area contributed by atoms with Gasteiger partial charge < -0.3 is 9.53 Å². The van der Waals surface area contributed by atoms with Gasteiger partial charge in [-0.15, -0.1) is 0 Å². The second-order valence-corrected chi connectivity index (χ2v) is 6.20. The van der Waals surface area contributed by atoms with E-state index in [1.165, 1.54) is 0 Å². The highest BCUT2D eigenvalue weighted by atomic mass is 16.5. The molecule has 26 heavy (non-hydrogen) atoms. The normalized spacial score (nSPS) is 21.3. The molecule has 0 saturated heterocycles. The minimum absolute atomic E-state index is 0.293. The predicted octanol–water partition coefficient (Wildman–Crippen LogP) is 3.90. The molecule has 2 atom stereocenters. The fraction of sp³-hybridized carbons (Fsp3) is 0.217. The van der Waals surface area contributed by atoms with Gasteiger partial charge >= 0.3 is 5.97 Å². The van der Waals surface area contributed by atoms with E-state index in [1.807, 2.05) is 60.7 Å². The molecule has 0 bridgehead atoms. The lowest BCUT2D eigenvalue weighted by molar-refractivity contribution is -0.138. The van der Waals surface area contributed by atoms with Gasteiger partial charge in [0.1, 0.15) is 11.7 Å². The van der Waals surface area contributed by atoms with E-state index in [2.05, 4.69) is 11.8 Å². The first-order valence-corrected chi connectivity index (χ1v) is 8.67. The molecule has 2 aromatic rings. The predicted molar refractivity (Wildman–Crippen MR) is 100 cm³/mol. The Balaban J connectivity index is 2.05. The van der Waals surface area contributed by atoms with Gasteiger partial charge in [-0.2, -0.15) is 0 Å². The molecule has 0 N–H and O–H groups in total. The minimum atomic E-state index is -0.973. The second-order valence-electron chi connectivity index (χ2n) is 6.20. The van der Waals surface area contributed by atoms with E-state index in [0.29, 0.717) is 18.6 Å². The number of benzene rings is 2. The summed E-state index contributed by atoms with van der Waals surface area (Å²) in [5, 5.41) is 0. The van der Waals surface area contributed by atoms with Gasteiger partial charge in [-0.1, -0.05) is 66.4 Å². The van der Waals surface area contributed by atoms with Crippen molar-refractivity contribution in [3.8, 4) is 11.8 Å². The van der Waals surface area contributed by atoms with Crippen molar-refractivity contribution in [2.45, 2.75) is 19.3 Å². The van der Waals surface area contributed by atoms with Crippen LogP contribution in [0.4, 0.5) is 0 Å². The number of aldehydes is 1. The molecule has 0 radical (unpaired) electrons. The van der Waals surface area contributed by atoms with Crippen molar-refractivity contribution in [2.75, 3.05) is 6.61 Å². The third kappa shape index (κ3) is 3.45. The number of esters is 1. The molecule has 1 aliphatic carbocycles. The van der Waals surface area contributed by atoms with Crippen LogP contribution in [0, 0.1) is 17.3 Å². The maximum Gasteiger partial charge on any atom is 0.334 e. The maximum atomic E-state index is 12.5. The van der Waals surface area contributed by atoms with Crippen molar-refractivity contribution in [3.05, 3.63) is 83.4 Å². The molecule has 3 nitrogen and oxygen atoms in total. The number of hydrogen-bond acceptors (Lipinski definition) is 3. The van der Waals surface area contributed by atoms with E-state index < -0.39 is 11.3 Å². The molecule has 0 amide bonds. The van der Waals surface area contributed by atoms with Gasteiger partial charge in [-0.3, -0.25) is 0 Å². The van der Waals surface area contributed by atoms with E-state index in [4.69, 9.17) is 4.74 Å². The smallest absolute Gasteiger partial charge is 0.334 e. The molecular weight excluding hydrogens is 324 g/mol. The zero-order valence-corrected chi connectivity index (χ0v) is 14.6. The van der Waals surface area contributed by atoms with Gasteiger partial charge in [0.15, 0.2) is 0 Å². The van der Waals surface area contributed by atoms with Crippen molar-refractivity contribution in [3.63, 3.8) is 0 Å². The zero-order chi connectivity index (χ0) is 18.4. The topological polar surface area (TPSA) is 43.4 Å². The Morgan fingerprint density at radius 2 is 1.81 bits per heavy atom. The van der Waals surface area contributed by atoms with E-state index in [0.717, 1.165) is 17.4 Å². The van der Waals surface area contributed by atoms with Crippen LogP contribution >= 0.6 is 0 Å². The number of carbonyl (C=O) groups is 2. The lowest BCUT2D eigenvalue weighted by Gasteiger charge is -2.27. The molecule has 130 valence electrons. The summed E-state index contributed by atoms with van der Waals surface area (Å²) in [5.41, 5.74) is 1.26. The van der Waals surface area contributed by atoms with Crippen molar-refractivity contribution in [2.24, 2.45) is 5.41 Å². The van der Waals surface area contributed by atoms with Crippen LogP contribution in [0.3, 0.4) is 0 Å². The Labute approximate surface area is 153 Å². The Morgan fingerprint density at radius 1 is 1.15 bits per heavy atom. The average Bonchev–Trinajstić information content (AvgIpc) is 3.08. The number of allylic oxidation sites excluding steroid dienone is 1. The minimum Gasteiger partial charge on any atom is -0.463 e. The Bertz CT molecular complexity index is 872. The summed E-state index contributed by atoms with van der Waals surface area (Å²) in [4.78, 5) is 24.6. The molecule has 0 heterocycles. The first-order chi connectivity index (χ1) is 12.7. The highest BCUT2D eigenvalue weighted by Crippen LogP contribution is 2.48. The summed E-state index contributed by atoms with van der Waals surface area (Å²) in [5.74, 6) is 5.44. The van der Waals surface area contributed by atoms with Crippen LogP contribution in [-0.4, -0.2) is 18.9 Å². The van der Waals surface area contributed by atoms with Crippen LogP contribution in [0.2, 0.25) is 0 Å². The third-order valence-corrected chi connectivity index (χ3v) is 4.55. The monoisotopic (exact) mass is 344 g/mol. The quantitative estimate of drug-likeness (QED) is 0.480. The molecule has 3 rings (SSSR count). The van der Waals surface area contributed by atoms with Crippen LogP contribution in [-0.2, 0) is 14.3 Å². The molecule has 0 spiro atoms. The summed E-state index contributed by atoms with van der Waals surface area (Å²) in [7, 11) is 0. The number of ether oxygens (including phenoxy) is 1. The van der Waals surface area contributed by atoms with Gasteiger partial charge in [0.25, 0.3) is 0 Å². The largest absolute Gasteiger partial charge is 0.463 e. The van der Waals surface area contributed by atoms with E-state index in [9.17, 15) is 9.59 Å². The summed E-state index contributed by atoms with van der Waals surface area (Å²) >= 11 is 0. The van der Waals surface area contributed by atoms with Crippen molar-refractivity contribution in [1.29, 1.82) is 0 Å². The maximum absolute atomic E-state index is 12.5. The fourth-order valence-electron chi connectivity index (χ4n) is 3.31. The lowest BCUT2D eigenvalue weighted by Crippen LogP contribution is -2.28. The molecular formula is C23H20O3. The number of carbonyl (C=O) groups excluding carboxylic acids is 2. The third-order valence-electron chi connectivity index (χ3n) is 4.55. The summed E-state index contributed by atoms with van der Waals surface area (Å²) in [6, 6.07) is 19.1. The van der Waals surface area contributed by atoms with E-state index in [1.54, 1.807) is 13.0 Å². The first-order valence-electron chi connectivity index (χ1n) is 8.67. The standard InChI is InChI=1S/C23H20O3/c1-2-26-22(25)20-14-16-23(17-24,15-13-18-9-5-3-6-10-18)21(20)19-11-7-4-8-12-19/h3-12,14,17,21H,2,16H2,1H3/t21-,23+/m0/s1. The highest BCUT2D eigenvalue weighted by molar-refractivity contribution is 5.93. The van der Waals surface area contributed by atoms with Gasteiger partial charge in [0.05, 0.1) is 6.61 Å². The van der Waals surface area contributed by atoms with Gasteiger partial charge in [0.2, 0.25) is 0 Å². The molecule has 2 aromatic carbocycles. The second kappa shape index (κ2) is 7.84. The summed E-state index contributed by atoms with van der Waals surface area (Å²) < 4.78 is 5.21. The van der Waals surface area contributed by atoms with Crippen LogP contribution in [0.15, 0.2) is 72.3 Å². The SMILES string of the molecule is CCOC(=O)C1=CC[C@](C#Cc2ccccc2)(C=O)[C@H]1c1ccccc1. The number of rotatable bonds is 4. The first kappa shape index (κ1) is 17.7. The summed E-state index contributed by atoms with van der Waals surface area (Å²) in [6.45, 7) is 2.06. The Hall–Kier alpha value is -3.12. The molecule has 1 aliphatic rings. The van der Waals surface area contributed by atoms with Crippen LogP contribution in [0.1, 0.15) is 30.4 Å². The molecule has 0 fully saturated rings. The van der Waals surface area contributed by atoms with E-state index >= 15 is 0 Å². The lowest BCUT2D eigenvalue weighted by atomic mass is 9.73. The van der Waals surface area contributed by atoms with Crippen LogP contribution < -0.4 is 0 Å². The number of hydrogen-bond donors (Lipinski definition) is 0. The van der Waals surface area contributed by atoms with Crippen molar-refractivity contribution < 1.29 is 14.3 Å². The van der Waals surface area contributed by atoms with Crippen molar-refractivity contribution in [1.82, 2.24) is 0 Å². The highest BCUT2D eigenvalue weighted by Gasteiger charge is 2.46. The average molecular weight is 344 g/mol. The Kier molecular flexibility index (Phi) is 5.34. The van der Waals surface area contributed by atoms with Crippen LogP contribution in [0.5, 0.6) is 0 Å². The van der Waals surface area contributed by atoms with E-state index in [-0.39, 0.29) is 5.97 Å². The van der Waals surface area contributed by atoms with Gasteiger partial charge in [-0.05, 0) is 31.0 Å². The molecule has 3 heteroatoms.